The summed E-state index contributed by atoms with van der Waals surface area (Å²) in [5.41, 5.74) is 6.23. The van der Waals surface area contributed by atoms with E-state index in [1.165, 1.54) is 12.1 Å². The summed E-state index contributed by atoms with van der Waals surface area (Å²) in [4.78, 5) is 12.3. The van der Waals surface area contributed by atoms with E-state index in [4.69, 9.17) is 4.74 Å². The summed E-state index contributed by atoms with van der Waals surface area (Å²) < 4.78 is 19.0. The highest BCUT2D eigenvalue weighted by molar-refractivity contribution is 5.79. The molecule has 2 unspecified atom stereocenters. The van der Waals surface area contributed by atoms with Crippen molar-refractivity contribution in [1.29, 1.82) is 0 Å². The van der Waals surface area contributed by atoms with Crippen LogP contribution < -0.4 is 5.32 Å². The van der Waals surface area contributed by atoms with Gasteiger partial charge in [-0.3, -0.25) is 0 Å². The van der Waals surface area contributed by atoms with Gasteiger partial charge in [-0.15, -0.1) is 0 Å². The number of rotatable bonds is 7. The third kappa shape index (κ3) is 4.77. The minimum Gasteiger partial charge on any atom is -0.449 e. The summed E-state index contributed by atoms with van der Waals surface area (Å²) in [6.07, 6.45) is -2.73. The number of benzene rings is 3. The molecule has 33 heavy (non-hydrogen) atoms. The zero-order chi connectivity index (χ0) is 23.5. The Morgan fingerprint density at radius 1 is 1.00 bits per heavy atom. The Labute approximate surface area is 192 Å². The van der Waals surface area contributed by atoms with Gasteiger partial charge in [0.25, 0.3) is 0 Å². The molecule has 0 aliphatic heterocycles. The predicted molar refractivity (Wildman–Crippen MR) is 125 cm³/mol. The number of halogens is 1. The summed E-state index contributed by atoms with van der Waals surface area (Å²) in [5, 5.41) is 23.5. The molecule has 3 N–H and O–H groups in total. The zero-order valence-electron chi connectivity index (χ0n) is 18.7. The van der Waals surface area contributed by atoms with Crippen molar-refractivity contribution in [2.75, 3.05) is 13.2 Å². The summed E-state index contributed by atoms with van der Waals surface area (Å²) >= 11 is 0. The number of ether oxygens (including phenoxy) is 1. The minimum absolute atomic E-state index is 0.0278. The second-order valence-corrected chi connectivity index (χ2v) is 8.51. The maximum Gasteiger partial charge on any atom is 0.407 e. The van der Waals surface area contributed by atoms with Crippen LogP contribution in [0.25, 0.3) is 11.1 Å². The van der Waals surface area contributed by atoms with E-state index >= 15 is 0 Å². The molecule has 172 valence electrons. The van der Waals surface area contributed by atoms with Gasteiger partial charge in [0, 0.05) is 12.5 Å². The van der Waals surface area contributed by atoms with Gasteiger partial charge in [-0.05, 0) is 71.3 Å². The minimum atomic E-state index is -1.17. The molecule has 0 aromatic heterocycles. The van der Waals surface area contributed by atoms with Crippen molar-refractivity contribution in [2.24, 2.45) is 0 Å². The molecule has 0 spiro atoms. The van der Waals surface area contributed by atoms with Gasteiger partial charge >= 0.3 is 6.09 Å². The molecule has 0 bridgehead atoms. The molecule has 0 radical (unpaired) electrons. The summed E-state index contributed by atoms with van der Waals surface area (Å²) in [5.74, 6) is -0.410. The first kappa shape index (κ1) is 23.0. The van der Waals surface area contributed by atoms with Gasteiger partial charge in [-0.25, -0.2) is 9.18 Å². The topological polar surface area (TPSA) is 78.8 Å². The Morgan fingerprint density at radius 3 is 2.12 bits per heavy atom. The molecule has 0 saturated carbocycles. The van der Waals surface area contributed by atoms with Crippen molar-refractivity contribution in [2.45, 2.75) is 38.4 Å². The van der Waals surface area contributed by atoms with E-state index in [1.807, 2.05) is 24.3 Å². The summed E-state index contributed by atoms with van der Waals surface area (Å²) in [7, 11) is 0. The van der Waals surface area contributed by atoms with E-state index in [0.717, 1.165) is 22.3 Å². The van der Waals surface area contributed by atoms with Crippen molar-refractivity contribution < 1.29 is 24.1 Å². The number of aliphatic hydroxyl groups is 2. The van der Waals surface area contributed by atoms with E-state index in [0.29, 0.717) is 16.7 Å². The van der Waals surface area contributed by atoms with Gasteiger partial charge in [0.1, 0.15) is 18.5 Å². The second-order valence-electron chi connectivity index (χ2n) is 8.51. The van der Waals surface area contributed by atoms with Crippen molar-refractivity contribution in [3.8, 4) is 11.1 Å². The Kier molecular flexibility index (Phi) is 6.77. The van der Waals surface area contributed by atoms with Crippen LogP contribution in [0, 0.1) is 19.7 Å². The molecular weight excluding hydrogens is 421 g/mol. The molecule has 3 aromatic rings. The lowest BCUT2D eigenvalue weighted by Gasteiger charge is -2.22. The van der Waals surface area contributed by atoms with Crippen molar-refractivity contribution in [3.63, 3.8) is 0 Å². The van der Waals surface area contributed by atoms with Crippen LogP contribution in [0.15, 0.2) is 60.7 Å². The molecule has 6 heteroatoms. The lowest BCUT2D eigenvalue weighted by atomic mass is 9.93. The third-order valence-corrected chi connectivity index (χ3v) is 6.27. The fourth-order valence-corrected chi connectivity index (χ4v) is 4.71. The Hall–Kier alpha value is -3.22. The number of aliphatic hydroxyl groups excluding tert-OH is 2. The SMILES string of the molecule is Cc1cc(F)cc(C)c1C(O)C(O)CCNC(=O)OCC1c2ccccc2-c2ccccc21. The average Bonchev–Trinajstić information content (AvgIpc) is 3.10. The fourth-order valence-electron chi connectivity index (χ4n) is 4.71. The zero-order valence-corrected chi connectivity index (χ0v) is 18.7. The van der Waals surface area contributed by atoms with Crippen LogP contribution in [-0.2, 0) is 4.74 Å². The molecule has 4 rings (SSSR count). The number of carbonyl (C=O) groups is 1. The van der Waals surface area contributed by atoms with Crippen LogP contribution in [0.3, 0.4) is 0 Å². The first-order valence-electron chi connectivity index (χ1n) is 11.1. The fraction of sp³-hybridized carbons (Fsp3) is 0.296. The molecule has 0 fully saturated rings. The molecule has 0 heterocycles. The highest BCUT2D eigenvalue weighted by Gasteiger charge is 2.29. The van der Waals surface area contributed by atoms with E-state index in [9.17, 15) is 19.4 Å². The number of aryl methyl sites for hydroxylation is 2. The molecule has 3 aromatic carbocycles. The quantitative estimate of drug-likeness (QED) is 0.486. The van der Waals surface area contributed by atoms with Crippen LogP contribution in [0.5, 0.6) is 0 Å². The van der Waals surface area contributed by atoms with Crippen LogP contribution >= 0.6 is 0 Å². The molecule has 5 nitrogen and oxygen atoms in total. The molecule has 1 amide bonds. The number of alkyl carbamates (subject to hydrolysis) is 1. The van der Waals surface area contributed by atoms with Gasteiger partial charge in [-0.1, -0.05) is 48.5 Å². The summed E-state index contributed by atoms with van der Waals surface area (Å²) in [6, 6.07) is 18.9. The van der Waals surface area contributed by atoms with E-state index in [2.05, 4.69) is 29.6 Å². The third-order valence-electron chi connectivity index (χ3n) is 6.27. The van der Waals surface area contributed by atoms with Gasteiger partial charge in [-0.2, -0.15) is 0 Å². The van der Waals surface area contributed by atoms with E-state index in [-0.39, 0.29) is 31.3 Å². The number of hydrogen-bond donors (Lipinski definition) is 3. The summed E-state index contributed by atoms with van der Waals surface area (Å²) in [6.45, 7) is 3.72. The number of fused-ring (bicyclic) bond motifs is 3. The first-order valence-corrected chi connectivity index (χ1v) is 11.1. The van der Waals surface area contributed by atoms with Crippen molar-refractivity contribution >= 4 is 6.09 Å². The normalized spacial score (nSPS) is 14.3. The highest BCUT2D eigenvalue weighted by atomic mass is 19.1. The number of carbonyl (C=O) groups excluding carboxylic acids is 1. The van der Waals surface area contributed by atoms with Crippen molar-refractivity contribution in [1.82, 2.24) is 5.32 Å². The van der Waals surface area contributed by atoms with Gasteiger partial charge in [0.2, 0.25) is 0 Å². The van der Waals surface area contributed by atoms with Crippen LogP contribution in [0.2, 0.25) is 0 Å². The second kappa shape index (κ2) is 9.73. The number of amides is 1. The number of hydrogen-bond acceptors (Lipinski definition) is 4. The maximum atomic E-state index is 13.5. The van der Waals surface area contributed by atoms with Crippen molar-refractivity contribution in [3.05, 3.63) is 94.3 Å². The van der Waals surface area contributed by atoms with E-state index < -0.39 is 18.3 Å². The smallest absolute Gasteiger partial charge is 0.407 e. The number of nitrogens with one attached hydrogen (secondary N) is 1. The van der Waals surface area contributed by atoms with Gasteiger partial charge in [0.05, 0.1) is 6.10 Å². The van der Waals surface area contributed by atoms with Crippen LogP contribution in [0.1, 0.15) is 46.3 Å². The van der Waals surface area contributed by atoms with Gasteiger partial charge in [0.15, 0.2) is 0 Å². The average molecular weight is 450 g/mol. The Morgan fingerprint density at radius 2 is 1.55 bits per heavy atom. The standard InChI is InChI=1S/C27H28FNO4/c1-16-13-18(28)14-17(2)25(16)26(31)24(30)11-12-29-27(32)33-15-23-21-9-5-3-7-19(21)20-8-4-6-10-22(20)23/h3-10,13-14,23-24,26,30-31H,11-12,15H2,1-2H3,(H,29,32). The molecule has 0 saturated heterocycles. The Balaban J connectivity index is 1.30. The largest absolute Gasteiger partial charge is 0.449 e. The first-order chi connectivity index (χ1) is 15.9. The van der Waals surface area contributed by atoms with Gasteiger partial charge < -0.3 is 20.3 Å². The van der Waals surface area contributed by atoms with Crippen LogP contribution in [-0.4, -0.2) is 35.6 Å². The molecular formula is C27H28FNO4. The lowest BCUT2D eigenvalue weighted by molar-refractivity contribution is 0.0129. The molecule has 1 aliphatic rings. The predicted octanol–water partition coefficient (Wildman–Crippen LogP) is 4.77. The molecule has 2 atom stereocenters. The van der Waals surface area contributed by atoms with Crippen LogP contribution in [0.4, 0.5) is 9.18 Å². The monoisotopic (exact) mass is 449 g/mol. The Bertz CT molecular complexity index is 1090. The lowest BCUT2D eigenvalue weighted by Crippen LogP contribution is -2.31. The highest BCUT2D eigenvalue weighted by Crippen LogP contribution is 2.44. The molecule has 1 aliphatic carbocycles. The maximum absolute atomic E-state index is 13.5. The van der Waals surface area contributed by atoms with E-state index in [1.54, 1.807) is 13.8 Å².